The SMILES string of the molecule is Brc1cc(/C=N\N2CCCCC2)cc2c1OCO2. The highest BCUT2D eigenvalue weighted by Gasteiger charge is 2.17. The Bertz CT molecular complexity index is 470. The zero-order valence-electron chi connectivity index (χ0n) is 10.1. The van der Waals surface area contributed by atoms with E-state index in [1.54, 1.807) is 0 Å². The highest BCUT2D eigenvalue weighted by atomic mass is 79.9. The lowest BCUT2D eigenvalue weighted by atomic mass is 10.2. The summed E-state index contributed by atoms with van der Waals surface area (Å²) in [4.78, 5) is 0. The standard InChI is InChI=1S/C13H15BrN2O2/c14-11-6-10(7-12-13(11)18-9-17-12)8-15-16-4-2-1-3-5-16/h6-8H,1-5,9H2/b15-8-. The summed E-state index contributed by atoms with van der Waals surface area (Å²) in [6, 6.07) is 3.96. The van der Waals surface area contributed by atoms with E-state index in [-0.39, 0.29) is 0 Å². The molecule has 0 unspecified atom stereocenters. The van der Waals surface area contributed by atoms with Gasteiger partial charge in [0, 0.05) is 13.1 Å². The number of hydrazone groups is 1. The van der Waals surface area contributed by atoms with Crippen molar-refractivity contribution >= 4 is 22.1 Å². The fourth-order valence-corrected chi connectivity index (χ4v) is 2.78. The monoisotopic (exact) mass is 310 g/mol. The Balaban J connectivity index is 1.76. The number of hydrogen-bond donors (Lipinski definition) is 0. The van der Waals surface area contributed by atoms with Gasteiger partial charge in [-0.2, -0.15) is 5.10 Å². The maximum absolute atomic E-state index is 5.38. The van der Waals surface area contributed by atoms with Crippen molar-refractivity contribution in [3.63, 3.8) is 0 Å². The number of halogens is 1. The van der Waals surface area contributed by atoms with Crippen molar-refractivity contribution < 1.29 is 9.47 Å². The van der Waals surface area contributed by atoms with Crippen LogP contribution in [0.1, 0.15) is 24.8 Å². The molecule has 96 valence electrons. The number of ether oxygens (including phenoxy) is 2. The summed E-state index contributed by atoms with van der Waals surface area (Å²) in [5.41, 5.74) is 1.02. The zero-order valence-corrected chi connectivity index (χ0v) is 11.6. The van der Waals surface area contributed by atoms with Gasteiger partial charge in [-0.25, -0.2) is 0 Å². The average Bonchev–Trinajstić information content (AvgIpc) is 2.86. The lowest BCUT2D eigenvalue weighted by Crippen LogP contribution is -2.24. The average molecular weight is 311 g/mol. The molecule has 0 aromatic heterocycles. The van der Waals surface area contributed by atoms with Gasteiger partial charge >= 0.3 is 0 Å². The van der Waals surface area contributed by atoms with Crippen LogP contribution in [0, 0.1) is 0 Å². The van der Waals surface area contributed by atoms with Crippen LogP contribution in [0.15, 0.2) is 21.7 Å². The third-order valence-electron chi connectivity index (χ3n) is 3.15. The molecule has 0 saturated carbocycles. The van der Waals surface area contributed by atoms with Crippen molar-refractivity contribution in [3.05, 3.63) is 22.2 Å². The Kier molecular flexibility index (Phi) is 3.41. The summed E-state index contributed by atoms with van der Waals surface area (Å²) >= 11 is 3.48. The van der Waals surface area contributed by atoms with Gasteiger partial charge in [0.2, 0.25) is 6.79 Å². The third kappa shape index (κ3) is 2.46. The Hall–Kier alpha value is -1.23. The van der Waals surface area contributed by atoms with Crippen LogP contribution >= 0.6 is 15.9 Å². The van der Waals surface area contributed by atoms with Gasteiger partial charge in [0.15, 0.2) is 11.5 Å². The summed E-state index contributed by atoms with van der Waals surface area (Å²) < 4.78 is 11.7. The zero-order chi connectivity index (χ0) is 12.4. The first kappa shape index (κ1) is 11.8. The largest absolute Gasteiger partial charge is 0.454 e. The Morgan fingerprint density at radius 2 is 2.00 bits per heavy atom. The van der Waals surface area contributed by atoms with E-state index in [0.717, 1.165) is 34.6 Å². The molecule has 0 amide bonds. The first-order chi connectivity index (χ1) is 8.83. The van der Waals surface area contributed by atoms with Crippen LogP contribution < -0.4 is 9.47 Å². The van der Waals surface area contributed by atoms with Crippen molar-refractivity contribution in [2.45, 2.75) is 19.3 Å². The molecule has 2 aliphatic rings. The van der Waals surface area contributed by atoms with E-state index in [1.807, 2.05) is 18.3 Å². The molecule has 1 aromatic rings. The van der Waals surface area contributed by atoms with Crippen LogP contribution in [0.5, 0.6) is 11.5 Å². The van der Waals surface area contributed by atoms with Crippen LogP contribution in [-0.2, 0) is 0 Å². The predicted octanol–water partition coefficient (Wildman–Crippen LogP) is 3.00. The molecular weight excluding hydrogens is 296 g/mol. The Labute approximate surface area is 115 Å². The Morgan fingerprint density at radius 1 is 1.17 bits per heavy atom. The molecule has 0 spiro atoms. The van der Waals surface area contributed by atoms with Crippen molar-refractivity contribution in [3.8, 4) is 11.5 Å². The molecule has 2 heterocycles. The maximum Gasteiger partial charge on any atom is 0.231 e. The number of fused-ring (bicyclic) bond motifs is 1. The van der Waals surface area contributed by atoms with E-state index in [0.29, 0.717) is 6.79 Å². The second-order valence-electron chi connectivity index (χ2n) is 4.50. The summed E-state index contributed by atoms with van der Waals surface area (Å²) in [5, 5.41) is 6.64. The molecule has 1 fully saturated rings. The van der Waals surface area contributed by atoms with Crippen molar-refractivity contribution in [2.24, 2.45) is 5.10 Å². The molecular formula is C13H15BrN2O2. The van der Waals surface area contributed by atoms with E-state index in [1.165, 1.54) is 19.3 Å². The molecule has 5 heteroatoms. The van der Waals surface area contributed by atoms with E-state index < -0.39 is 0 Å². The van der Waals surface area contributed by atoms with E-state index >= 15 is 0 Å². The highest BCUT2D eigenvalue weighted by molar-refractivity contribution is 9.10. The fourth-order valence-electron chi connectivity index (χ4n) is 2.20. The number of piperidine rings is 1. The first-order valence-corrected chi connectivity index (χ1v) is 7.00. The summed E-state index contributed by atoms with van der Waals surface area (Å²) in [7, 11) is 0. The summed E-state index contributed by atoms with van der Waals surface area (Å²) in [6.07, 6.45) is 5.68. The van der Waals surface area contributed by atoms with Crippen LogP contribution in [0.3, 0.4) is 0 Å². The highest BCUT2D eigenvalue weighted by Crippen LogP contribution is 2.39. The van der Waals surface area contributed by atoms with Crippen LogP contribution in [0.25, 0.3) is 0 Å². The maximum atomic E-state index is 5.38. The van der Waals surface area contributed by atoms with Gasteiger partial charge in [0.05, 0.1) is 10.7 Å². The lowest BCUT2D eigenvalue weighted by molar-refractivity contribution is 0.173. The third-order valence-corrected chi connectivity index (χ3v) is 3.74. The van der Waals surface area contributed by atoms with Crippen LogP contribution in [0.2, 0.25) is 0 Å². The van der Waals surface area contributed by atoms with E-state index in [4.69, 9.17) is 9.47 Å². The number of hydrogen-bond acceptors (Lipinski definition) is 4. The van der Waals surface area contributed by atoms with E-state index in [9.17, 15) is 0 Å². The smallest absolute Gasteiger partial charge is 0.231 e. The fraction of sp³-hybridized carbons (Fsp3) is 0.462. The number of nitrogens with zero attached hydrogens (tertiary/aromatic N) is 2. The second-order valence-corrected chi connectivity index (χ2v) is 5.35. The molecule has 2 aliphatic heterocycles. The topological polar surface area (TPSA) is 34.1 Å². The van der Waals surface area contributed by atoms with Crippen LogP contribution in [-0.4, -0.2) is 31.1 Å². The molecule has 0 aliphatic carbocycles. The molecule has 0 bridgehead atoms. The van der Waals surface area contributed by atoms with Crippen LogP contribution in [0.4, 0.5) is 0 Å². The predicted molar refractivity (Wildman–Crippen MR) is 73.3 cm³/mol. The van der Waals surface area contributed by atoms with Gasteiger partial charge in [0.1, 0.15) is 0 Å². The Morgan fingerprint density at radius 3 is 2.83 bits per heavy atom. The van der Waals surface area contributed by atoms with Crippen molar-refractivity contribution in [1.82, 2.24) is 5.01 Å². The van der Waals surface area contributed by atoms with Crippen molar-refractivity contribution in [2.75, 3.05) is 19.9 Å². The minimum absolute atomic E-state index is 0.292. The first-order valence-electron chi connectivity index (χ1n) is 6.21. The number of benzene rings is 1. The minimum Gasteiger partial charge on any atom is -0.454 e. The van der Waals surface area contributed by atoms with Crippen molar-refractivity contribution in [1.29, 1.82) is 0 Å². The summed E-state index contributed by atoms with van der Waals surface area (Å²) in [6.45, 7) is 2.41. The molecule has 4 nitrogen and oxygen atoms in total. The molecule has 18 heavy (non-hydrogen) atoms. The molecule has 3 rings (SSSR count). The van der Waals surface area contributed by atoms with Gasteiger partial charge in [-0.1, -0.05) is 0 Å². The number of rotatable bonds is 2. The van der Waals surface area contributed by atoms with Gasteiger partial charge in [-0.05, 0) is 52.9 Å². The van der Waals surface area contributed by atoms with E-state index in [2.05, 4.69) is 26.0 Å². The van der Waals surface area contributed by atoms with Gasteiger partial charge < -0.3 is 9.47 Å². The lowest BCUT2D eigenvalue weighted by Gasteiger charge is -2.23. The molecule has 0 atom stereocenters. The van der Waals surface area contributed by atoms with Gasteiger partial charge in [0.25, 0.3) is 0 Å². The normalized spacial score (nSPS) is 18.6. The molecule has 1 aromatic carbocycles. The molecule has 1 saturated heterocycles. The second kappa shape index (κ2) is 5.18. The molecule has 0 N–H and O–H groups in total. The quantitative estimate of drug-likeness (QED) is 0.788. The summed E-state index contributed by atoms with van der Waals surface area (Å²) in [5.74, 6) is 1.56. The van der Waals surface area contributed by atoms with Gasteiger partial charge in [-0.15, -0.1) is 0 Å². The minimum atomic E-state index is 0.292. The molecule has 0 radical (unpaired) electrons. The van der Waals surface area contributed by atoms with Gasteiger partial charge in [-0.3, -0.25) is 5.01 Å².